The molecular weight excluding hydrogens is 208 g/mol. The molecule has 1 saturated heterocycles. The predicted octanol–water partition coefficient (Wildman–Crippen LogP) is -0.100. The Labute approximate surface area is 93.5 Å². The minimum atomic E-state index is -0.000730. The highest BCUT2D eigenvalue weighted by atomic mass is 16.5. The van der Waals surface area contributed by atoms with Crippen molar-refractivity contribution in [2.75, 3.05) is 26.2 Å². The minimum Gasteiger partial charge on any atom is -0.343 e. The summed E-state index contributed by atoms with van der Waals surface area (Å²) in [5, 5.41) is 3.76. The second-order valence-electron chi connectivity index (χ2n) is 3.65. The summed E-state index contributed by atoms with van der Waals surface area (Å²) in [6.07, 6.45) is 2.68. The number of hydrogen-bond donors (Lipinski definition) is 0. The fourth-order valence-electron chi connectivity index (χ4n) is 1.72. The van der Waals surface area contributed by atoms with E-state index in [1.807, 2.05) is 0 Å². The molecule has 0 aromatic carbocycles. The van der Waals surface area contributed by atoms with Crippen molar-refractivity contribution in [2.24, 2.45) is 0 Å². The van der Waals surface area contributed by atoms with E-state index >= 15 is 0 Å². The molecule has 1 aliphatic rings. The molecule has 0 radical (unpaired) electrons. The lowest BCUT2D eigenvalue weighted by atomic mass is 10.3. The van der Waals surface area contributed by atoms with E-state index in [1.54, 1.807) is 4.90 Å². The van der Waals surface area contributed by atoms with Gasteiger partial charge in [-0.15, -0.1) is 0 Å². The van der Waals surface area contributed by atoms with E-state index < -0.39 is 0 Å². The van der Waals surface area contributed by atoms with Gasteiger partial charge >= 0.3 is 0 Å². The Balaban J connectivity index is 1.81. The van der Waals surface area contributed by atoms with Crippen LogP contribution in [0.25, 0.3) is 0 Å². The molecule has 0 spiro atoms. The van der Waals surface area contributed by atoms with Gasteiger partial charge in [-0.25, -0.2) is 0 Å². The Morgan fingerprint density at radius 3 is 2.81 bits per heavy atom. The van der Waals surface area contributed by atoms with Crippen LogP contribution >= 0.6 is 0 Å². The summed E-state index contributed by atoms with van der Waals surface area (Å²) in [5.74, 6) is 0.683. The standard InChI is InChI=1S/C10H14N4O2/c1-2-10(15)14-5-3-13(4-6-14)7-9-11-8-16-12-9/h2,8H,1,3-7H2. The first-order valence-corrected chi connectivity index (χ1v) is 5.18. The van der Waals surface area contributed by atoms with Crippen molar-refractivity contribution in [2.45, 2.75) is 6.54 Å². The maximum Gasteiger partial charge on any atom is 0.246 e. The van der Waals surface area contributed by atoms with Gasteiger partial charge in [0.2, 0.25) is 12.3 Å². The van der Waals surface area contributed by atoms with Crippen LogP contribution in [0, 0.1) is 0 Å². The lowest BCUT2D eigenvalue weighted by molar-refractivity contribution is -0.127. The van der Waals surface area contributed by atoms with Gasteiger partial charge in [0, 0.05) is 26.2 Å². The second kappa shape index (κ2) is 4.89. The van der Waals surface area contributed by atoms with Gasteiger partial charge in [0.1, 0.15) is 0 Å². The summed E-state index contributed by atoms with van der Waals surface area (Å²) in [4.78, 5) is 19.3. The molecule has 6 heteroatoms. The van der Waals surface area contributed by atoms with E-state index in [4.69, 9.17) is 0 Å². The van der Waals surface area contributed by atoms with Gasteiger partial charge in [0.25, 0.3) is 0 Å². The molecule has 86 valence electrons. The third-order valence-electron chi connectivity index (χ3n) is 2.63. The third kappa shape index (κ3) is 2.46. The highest BCUT2D eigenvalue weighted by Gasteiger charge is 2.20. The average Bonchev–Trinajstić information content (AvgIpc) is 2.82. The van der Waals surface area contributed by atoms with Crippen molar-refractivity contribution in [3.8, 4) is 0 Å². The topological polar surface area (TPSA) is 62.5 Å². The Kier molecular flexibility index (Phi) is 3.31. The van der Waals surface area contributed by atoms with Crippen LogP contribution in [0.15, 0.2) is 23.6 Å². The number of amides is 1. The number of rotatable bonds is 3. The van der Waals surface area contributed by atoms with E-state index in [1.165, 1.54) is 12.5 Å². The van der Waals surface area contributed by atoms with E-state index in [0.717, 1.165) is 26.2 Å². The van der Waals surface area contributed by atoms with Gasteiger partial charge in [-0.1, -0.05) is 11.7 Å². The zero-order chi connectivity index (χ0) is 11.4. The second-order valence-corrected chi connectivity index (χ2v) is 3.65. The molecule has 0 atom stereocenters. The first-order chi connectivity index (χ1) is 7.79. The molecule has 1 aliphatic heterocycles. The van der Waals surface area contributed by atoms with Crippen molar-refractivity contribution < 1.29 is 9.32 Å². The summed E-state index contributed by atoms with van der Waals surface area (Å²) in [7, 11) is 0. The van der Waals surface area contributed by atoms with Crippen molar-refractivity contribution in [3.05, 3.63) is 24.9 Å². The number of aromatic nitrogens is 2. The molecule has 2 rings (SSSR count). The molecule has 0 aliphatic carbocycles. The Bertz CT molecular complexity index is 355. The van der Waals surface area contributed by atoms with Crippen LogP contribution in [0.2, 0.25) is 0 Å². The van der Waals surface area contributed by atoms with Gasteiger partial charge in [-0.2, -0.15) is 4.98 Å². The number of carbonyl (C=O) groups excluding carboxylic acids is 1. The highest BCUT2D eigenvalue weighted by Crippen LogP contribution is 2.05. The number of hydrogen-bond acceptors (Lipinski definition) is 5. The predicted molar refractivity (Wildman–Crippen MR) is 56.4 cm³/mol. The Hall–Kier alpha value is -1.69. The number of carbonyl (C=O) groups is 1. The fraction of sp³-hybridized carbons (Fsp3) is 0.500. The minimum absolute atomic E-state index is 0.000730. The maximum absolute atomic E-state index is 11.3. The van der Waals surface area contributed by atoms with Crippen molar-refractivity contribution >= 4 is 5.91 Å². The summed E-state index contributed by atoms with van der Waals surface area (Å²) >= 11 is 0. The Morgan fingerprint density at radius 1 is 1.50 bits per heavy atom. The van der Waals surface area contributed by atoms with Crippen molar-refractivity contribution in [1.82, 2.24) is 19.9 Å². The van der Waals surface area contributed by atoms with E-state index in [2.05, 4.69) is 26.1 Å². The molecule has 1 aromatic rings. The van der Waals surface area contributed by atoms with Gasteiger partial charge in [0.05, 0.1) is 6.54 Å². The zero-order valence-electron chi connectivity index (χ0n) is 9.00. The highest BCUT2D eigenvalue weighted by molar-refractivity contribution is 5.87. The summed E-state index contributed by atoms with van der Waals surface area (Å²) < 4.78 is 4.67. The molecule has 0 bridgehead atoms. The van der Waals surface area contributed by atoms with Crippen LogP contribution in [-0.4, -0.2) is 52.0 Å². The number of nitrogens with zero attached hydrogens (tertiary/aromatic N) is 4. The molecular formula is C10H14N4O2. The quantitative estimate of drug-likeness (QED) is 0.668. The largest absolute Gasteiger partial charge is 0.343 e. The van der Waals surface area contributed by atoms with Crippen molar-refractivity contribution in [3.63, 3.8) is 0 Å². The molecule has 1 fully saturated rings. The molecule has 6 nitrogen and oxygen atoms in total. The van der Waals surface area contributed by atoms with Crippen LogP contribution in [0.1, 0.15) is 5.82 Å². The monoisotopic (exact) mass is 222 g/mol. The fourth-order valence-corrected chi connectivity index (χ4v) is 1.72. The van der Waals surface area contributed by atoms with Gasteiger partial charge in [-0.05, 0) is 6.08 Å². The first kappa shape index (κ1) is 10.8. The van der Waals surface area contributed by atoms with E-state index in [-0.39, 0.29) is 5.91 Å². The molecule has 1 aromatic heterocycles. The SMILES string of the molecule is C=CC(=O)N1CCN(Cc2ncon2)CC1. The van der Waals surface area contributed by atoms with Crippen LogP contribution in [-0.2, 0) is 11.3 Å². The average molecular weight is 222 g/mol. The molecule has 1 amide bonds. The number of piperazine rings is 1. The van der Waals surface area contributed by atoms with Crippen molar-refractivity contribution in [1.29, 1.82) is 0 Å². The third-order valence-corrected chi connectivity index (χ3v) is 2.63. The van der Waals surface area contributed by atoms with Crippen LogP contribution in [0.5, 0.6) is 0 Å². The van der Waals surface area contributed by atoms with Crippen LogP contribution < -0.4 is 0 Å². The van der Waals surface area contributed by atoms with Gasteiger partial charge in [-0.3, -0.25) is 9.69 Å². The molecule has 2 heterocycles. The summed E-state index contributed by atoms with van der Waals surface area (Å²) in [5.41, 5.74) is 0. The normalized spacial score (nSPS) is 17.4. The van der Waals surface area contributed by atoms with Crippen LogP contribution in [0.4, 0.5) is 0 Å². The lowest BCUT2D eigenvalue weighted by Crippen LogP contribution is -2.47. The molecule has 16 heavy (non-hydrogen) atoms. The first-order valence-electron chi connectivity index (χ1n) is 5.18. The van der Waals surface area contributed by atoms with Crippen LogP contribution in [0.3, 0.4) is 0 Å². The lowest BCUT2D eigenvalue weighted by Gasteiger charge is -2.33. The smallest absolute Gasteiger partial charge is 0.246 e. The van der Waals surface area contributed by atoms with Gasteiger partial charge in [0.15, 0.2) is 5.82 Å². The summed E-state index contributed by atoms with van der Waals surface area (Å²) in [6, 6.07) is 0. The molecule has 0 unspecified atom stereocenters. The molecule has 0 saturated carbocycles. The van der Waals surface area contributed by atoms with Gasteiger partial charge < -0.3 is 9.42 Å². The molecule has 0 N–H and O–H groups in total. The van der Waals surface area contributed by atoms with E-state index in [9.17, 15) is 4.79 Å². The van der Waals surface area contributed by atoms with E-state index in [0.29, 0.717) is 12.4 Å². The zero-order valence-corrected chi connectivity index (χ0v) is 9.00. The Morgan fingerprint density at radius 2 is 2.25 bits per heavy atom. The maximum atomic E-state index is 11.3. The summed E-state index contributed by atoms with van der Waals surface area (Å²) in [6.45, 7) is 7.26.